The SMILES string of the molecule is COC(=O)Cc1c(OC)cnc(C(F)F)c1C#N. The summed E-state index contributed by atoms with van der Waals surface area (Å²) in [4.78, 5) is 14.7. The Hall–Kier alpha value is -2.23. The van der Waals surface area contributed by atoms with Crippen molar-refractivity contribution < 1.29 is 23.0 Å². The van der Waals surface area contributed by atoms with Crippen molar-refractivity contribution in [1.82, 2.24) is 4.98 Å². The molecule has 0 unspecified atom stereocenters. The van der Waals surface area contributed by atoms with E-state index in [2.05, 4.69) is 9.72 Å². The molecule has 0 radical (unpaired) electrons. The lowest BCUT2D eigenvalue weighted by molar-refractivity contribution is -0.139. The van der Waals surface area contributed by atoms with E-state index in [0.717, 1.165) is 13.3 Å². The van der Waals surface area contributed by atoms with Gasteiger partial charge in [0.05, 0.1) is 32.4 Å². The number of hydrogen-bond acceptors (Lipinski definition) is 5. The molecule has 5 nitrogen and oxygen atoms in total. The maximum absolute atomic E-state index is 12.7. The number of carbonyl (C=O) groups is 1. The third-order valence-electron chi connectivity index (χ3n) is 2.26. The molecule has 18 heavy (non-hydrogen) atoms. The maximum atomic E-state index is 12.7. The molecule has 0 bridgehead atoms. The normalized spacial score (nSPS) is 10.0. The van der Waals surface area contributed by atoms with E-state index in [9.17, 15) is 13.6 Å². The van der Waals surface area contributed by atoms with Crippen molar-refractivity contribution in [3.05, 3.63) is 23.0 Å². The Kier molecular flexibility index (Phi) is 4.54. The van der Waals surface area contributed by atoms with Crippen LogP contribution in [0.25, 0.3) is 0 Å². The highest BCUT2D eigenvalue weighted by Crippen LogP contribution is 2.29. The van der Waals surface area contributed by atoms with Crippen molar-refractivity contribution in [2.45, 2.75) is 12.8 Å². The first kappa shape index (κ1) is 13.8. The first-order valence-electron chi connectivity index (χ1n) is 4.86. The van der Waals surface area contributed by atoms with E-state index in [1.807, 2.05) is 0 Å². The van der Waals surface area contributed by atoms with Gasteiger partial charge in [0.2, 0.25) is 0 Å². The Morgan fingerprint density at radius 1 is 1.56 bits per heavy atom. The minimum Gasteiger partial charge on any atom is -0.495 e. The van der Waals surface area contributed by atoms with Crippen molar-refractivity contribution in [2.24, 2.45) is 0 Å². The minimum atomic E-state index is -2.90. The first-order chi connectivity index (χ1) is 8.54. The predicted octanol–water partition coefficient (Wildman–Crippen LogP) is 1.61. The summed E-state index contributed by atoms with van der Waals surface area (Å²) < 4.78 is 34.7. The van der Waals surface area contributed by atoms with Gasteiger partial charge in [-0.05, 0) is 0 Å². The Morgan fingerprint density at radius 3 is 2.67 bits per heavy atom. The van der Waals surface area contributed by atoms with E-state index in [-0.39, 0.29) is 23.3 Å². The number of pyridine rings is 1. The number of ether oxygens (including phenoxy) is 2. The summed E-state index contributed by atoms with van der Waals surface area (Å²) >= 11 is 0. The number of methoxy groups -OCH3 is 2. The molecule has 0 aliphatic carbocycles. The Balaban J connectivity index is 3.38. The van der Waals surface area contributed by atoms with Crippen LogP contribution in [0.5, 0.6) is 5.75 Å². The van der Waals surface area contributed by atoms with Crippen molar-refractivity contribution in [1.29, 1.82) is 5.26 Å². The second-order valence-electron chi connectivity index (χ2n) is 3.23. The molecule has 0 aliphatic heterocycles. The van der Waals surface area contributed by atoms with E-state index in [0.29, 0.717) is 0 Å². The smallest absolute Gasteiger partial charge is 0.310 e. The lowest BCUT2D eigenvalue weighted by Gasteiger charge is -2.11. The summed E-state index contributed by atoms with van der Waals surface area (Å²) in [6, 6.07) is 1.62. The average molecular weight is 256 g/mol. The number of nitrogens with zero attached hydrogens (tertiary/aromatic N) is 2. The standard InChI is InChI=1S/C11H10F2N2O3/c1-17-8-5-15-10(11(12)13)7(4-14)6(8)3-9(16)18-2/h5,11H,3H2,1-2H3. The number of esters is 1. The van der Waals surface area contributed by atoms with Gasteiger partial charge in [0.1, 0.15) is 17.5 Å². The summed E-state index contributed by atoms with van der Waals surface area (Å²) in [6.45, 7) is 0. The fourth-order valence-electron chi connectivity index (χ4n) is 1.41. The van der Waals surface area contributed by atoms with E-state index >= 15 is 0 Å². The first-order valence-corrected chi connectivity index (χ1v) is 4.86. The molecule has 96 valence electrons. The van der Waals surface area contributed by atoms with Crippen LogP contribution < -0.4 is 4.74 Å². The van der Waals surface area contributed by atoms with E-state index in [4.69, 9.17) is 10.00 Å². The predicted molar refractivity (Wildman–Crippen MR) is 56.2 cm³/mol. The largest absolute Gasteiger partial charge is 0.495 e. The fourth-order valence-corrected chi connectivity index (χ4v) is 1.41. The second-order valence-corrected chi connectivity index (χ2v) is 3.23. The fraction of sp³-hybridized carbons (Fsp3) is 0.364. The highest BCUT2D eigenvalue weighted by Gasteiger charge is 2.23. The van der Waals surface area contributed by atoms with Crippen molar-refractivity contribution in [3.63, 3.8) is 0 Å². The van der Waals surface area contributed by atoms with Crippen molar-refractivity contribution in [3.8, 4) is 11.8 Å². The van der Waals surface area contributed by atoms with Gasteiger partial charge in [-0.3, -0.25) is 4.79 Å². The van der Waals surface area contributed by atoms with Gasteiger partial charge >= 0.3 is 5.97 Å². The maximum Gasteiger partial charge on any atom is 0.310 e. The molecule has 0 aromatic carbocycles. The molecule has 0 N–H and O–H groups in total. The molecule has 1 aromatic heterocycles. The zero-order valence-electron chi connectivity index (χ0n) is 9.74. The molecular weight excluding hydrogens is 246 g/mol. The molecule has 0 saturated heterocycles. The molecule has 1 aromatic rings. The molecule has 0 spiro atoms. The molecule has 0 aliphatic rings. The molecule has 0 amide bonds. The van der Waals surface area contributed by atoms with Crippen LogP contribution in [0.3, 0.4) is 0 Å². The van der Waals surface area contributed by atoms with Crippen LogP contribution in [-0.2, 0) is 16.0 Å². The summed E-state index contributed by atoms with van der Waals surface area (Å²) in [5, 5.41) is 8.92. The average Bonchev–Trinajstić information content (AvgIpc) is 2.37. The Morgan fingerprint density at radius 2 is 2.22 bits per heavy atom. The summed E-state index contributed by atoms with van der Waals surface area (Å²) in [5.41, 5.74) is -0.968. The minimum absolute atomic E-state index is 0.0529. The summed E-state index contributed by atoms with van der Waals surface area (Å²) in [7, 11) is 2.46. The number of rotatable bonds is 4. The van der Waals surface area contributed by atoms with Gasteiger partial charge in [0.25, 0.3) is 6.43 Å². The van der Waals surface area contributed by atoms with E-state index in [1.54, 1.807) is 6.07 Å². The quantitative estimate of drug-likeness (QED) is 0.765. The number of hydrogen-bond donors (Lipinski definition) is 0. The van der Waals surface area contributed by atoms with Crippen LogP contribution in [0.4, 0.5) is 8.78 Å². The van der Waals surface area contributed by atoms with Crippen LogP contribution in [0.2, 0.25) is 0 Å². The number of nitriles is 1. The zero-order valence-corrected chi connectivity index (χ0v) is 9.74. The number of carbonyl (C=O) groups excluding carboxylic acids is 1. The summed E-state index contributed by atoms with van der Waals surface area (Å²) in [6.07, 6.45) is -2.17. The van der Waals surface area contributed by atoms with Gasteiger partial charge in [-0.1, -0.05) is 0 Å². The van der Waals surface area contributed by atoms with Crippen molar-refractivity contribution in [2.75, 3.05) is 14.2 Å². The van der Waals surface area contributed by atoms with Gasteiger partial charge < -0.3 is 9.47 Å². The third kappa shape index (κ3) is 2.71. The van der Waals surface area contributed by atoms with Crippen LogP contribution in [0.15, 0.2) is 6.20 Å². The lowest BCUT2D eigenvalue weighted by atomic mass is 10.0. The van der Waals surface area contributed by atoms with Crippen LogP contribution in [0.1, 0.15) is 23.2 Å². The molecule has 7 heteroatoms. The zero-order chi connectivity index (χ0) is 13.7. The number of halogens is 2. The molecule has 0 fully saturated rings. The monoisotopic (exact) mass is 256 g/mol. The molecule has 1 heterocycles. The highest BCUT2D eigenvalue weighted by atomic mass is 19.3. The van der Waals surface area contributed by atoms with Crippen LogP contribution in [-0.4, -0.2) is 25.2 Å². The topological polar surface area (TPSA) is 72.2 Å². The van der Waals surface area contributed by atoms with E-state index in [1.165, 1.54) is 7.11 Å². The molecule has 0 saturated carbocycles. The van der Waals surface area contributed by atoms with E-state index < -0.39 is 18.1 Å². The van der Waals surface area contributed by atoms with Crippen molar-refractivity contribution >= 4 is 5.97 Å². The highest BCUT2D eigenvalue weighted by molar-refractivity contribution is 5.75. The van der Waals surface area contributed by atoms with Gasteiger partial charge in [0.15, 0.2) is 0 Å². The molecular formula is C11H10F2N2O3. The van der Waals surface area contributed by atoms with Gasteiger partial charge in [-0.2, -0.15) is 5.26 Å². The number of aromatic nitrogens is 1. The lowest BCUT2D eigenvalue weighted by Crippen LogP contribution is -2.10. The van der Waals surface area contributed by atoms with Gasteiger partial charge in [-0.15, -0.1) is 0 Å². The third-order valence-corrected chi connectivity index (χ3v) is 2.26. The molecule has 0 atom stereocenters. The summed E-state index contributed by atoms with van der Waals surface area (Å²) in [5.74, 6) is -0.558. The van der Waals surface area contributed by atoms with Crippen LogP contribution >= 0.6 is 0 Å². The Bertz CT molecular complexity index is 498. The van der Waals surface area contributed by atoms with Crippen LogP contribution in [0, 0.1) is 11.3 Å². The molecule has 1 rings (SSSR count). The van der Waals surface area contributed by atoms with Gasteiger partial charge in [0, 0.05) is 5.56 Å². The number of alkyl halides is 2. The Labute approximate surface area is 102 Å². The second kappa shape index (κ2) is 5.91. The van der Waals surface area contributed by atoms with Gasteiger partial charge in [-0.25, -0.2) is 13.8 Å².